The molecule has 0 saturated carbocycles. The van der Waals surface area contributed by atoms with Crippen LogP contribution in [0, 0.1) is 5.41 Å². The lowest BCUT2D eigenvalue weighted by molar-refractivity contribution is -0.137. The topological polar surface area (TPSA) is 66.5 Å². The first-order valence-corrected chi connectivity index (χ1v) is 9.48. The Morgan fingerprint density at radius 3 is 2.25 bits per heavy atom. The fourth-order valence-electron chi connectivity index (χ4n) is 2.35. The van der Waals surface area contributed by atoms with E-state index in [1.165, 1.54) is 29.7 Å². The summed E-state index contributed by atoms with van der Waals surface area (Å²) in [4.78, 5) is 38.2. The number of carbonyl (C=O) groups is 3. The lowest BCUT2D eigenvalue weighted by Gasteiger charge is -2.25. The van der Waals surface area contributed by atoms with E-state index in [2.05, 4.69) is 5.32 Å². The van der Waals surface area contributed by atoms with E-state index in [4.69, 9.17) is 0 Å². The van der Waals surface area contributed by atoms with E-state index >= 15 is 0 Å². The zero-order valence-electron chi connectivity index (χ0n) is 15.9. The maximum absolute atomic E-state index is 12.6. The Labute approximate surface area is 165 Å². The van der Waals surface area contributed by atoms with E-state index in [1.54, 1.807) is 20.8 Å². The van der Waals surface area contributed by atoms with E-state index in [1.807, 2.05) is 0 Å². The van der Waals surface area contributed by atoms with Gasteiger partial charge in [-0.1, -0.05) is 32.5 Å². The summed E-state index contributed by atoms with van der Waals surface area (Å²) >= 11 is 1.17. The Morgan fingerprint density at radius 1 is 1.18 bits per heavy atom. The number of nitrogens with zero attached hydrogens (tertiary/aromatic N) is 1. The third kappa shape index (κ3) is 5.15. The van der Waals surface area contributed by atoms with Crippen LogP contribution in [0.4, 0.5) is 18.9 Å². The van der Waals surface area contributed by atoms with Crippen LogP contribution in [0.2, 0.25) is 0 Å². The van der Waals surface area contributed by atoms with Crippen molar-refractivity contribution in [3.63, 3.8) is 0 Å². The average Bonchev–Trinajstić information content (AvgIpc) is 2.93. The predicted molar refractivity (Wildman–Crippen MR) is 101 cm³/mol. The Balaban J connectivity index is 2.15. The maximum Gasteiger partial charge on any atom is 0.416 e. The van der Waals surface area contributed by atoms with Gasteiger partial charge in [0.1, 0.15) is 6.04 Å². The van der Waals surface area contributed by atoms with Crippen LogP contribution >= 0.6 is 11.8 Å². The predicted octanol–water partition coefficient (Wildman–Crippen LogP) is 4.06. The molecule has 0 radical (unpaired) electrons. The van der Waals surface area contributed by atoms with Crippen molar-refractivity contribution in [3.05, 3.63) is 40.9 Å². The summed E-state index contributed by atoms with van der Waals surface area (Å²) in [5, 5.41) is 2.89. The van der Waals surface area contributed by atoms with E-state index in [9.17, 15) is 27.6 Å². The fourth-order valence-corrected chi connectivity index (χ4v) is 3.35. The monoisotopic (exact) mass is 414 g/mol. The normalized spacial score (nSPS) is 17.8. The van der Waals surface area contributed by atoms with Crippen molar-refractivity contribution >= 4 is 35.0 Å². The second-order valence-electron chi connectivity index (χ2n) is 7.39. The summed E-state index contributed by atoms with van der Waals surface area (Å²) in [5.41, 5.74) is -1.27. The molecule has 28 heavy (non-hydrogen) atoms. The first kappa shape index (κ1) is 22.0. The van der Waals surface area contributed by atoms with Gasteiger partial charge in [-0.2, -0.15) is 13.2 Å². The van der Waals surface area contributed by atoms with Crippen molar-refractivity contribution in [2.45, 2.75) is 39.9 Å². The van der Waals surface area contributed by atoms with Crippen LogP contribution in [0.25, 0.3) is 0 Å². The standard InChI is InChI=1S/C19H21F3N2O3S/c1-11(17(27)23-13-7-5-12(6-8-13)19(20,21)22)24-15(26)10-28-16(24)9-14(25)18(2,3)4/h5-9,11H,10H2,1-4H3,(H,23,27)/b16-9-. The highest BCUT2D eigenvalue weighted by Gasteiger charge is 2.36. The van der Waals surface area contributed by atoms with Crippen molar-refractivity contribution in [1.82, 2.24) is 4.90 Å². The van der Waals surface area contributed by atoms with Gasteiger partial charge in [-0.15, -0.1) is 0 Å². The Morgan fingerprint density at radius 2 is 1.75 bits per heavy atom. The van der Waals surface area contributed by atoms with Crippen LogP contribution < -0.4 is 5.32 Å². The molecule has 152 valence electrons. The van der Waals surface area contributed by atoms with Crippen LogP contribution in [0.15, 0.2) is 35.4 Å². The molecule has 1 fully saturated rings. The number of nitrogens with one attached hydrogen (secondary N) is 1. The minimum atomic E-state index is -4.46. The lowest BCUT2D eigenvalue weighted by Crippen LogP contribution is -2.42. The Hall–Kier alpha value is -2.29. The van der Waals surface area contributed by atoms with Crippen LogP contribution in [-0.4, -0.2) is 34.3 Å². The van der Waals surface area contributed by atoms with Crippen LogP contribution in [0.3, 0.4) is 0 Å². The molecule has 1 N–H and O–H groups in total. The number of allylic oxidation sites excluding steroid dienone is 1. The smallest absolute Gasteiger partial charge is 0.324 e. The number of hydrogen-bond donors (Lipinski definition) is 1. The molecule has 1 aliphatic heterocycles. The molecule has 0 aliphatic carbocycles. The average molecular weight is 414 g/mol. The molecule has 5 nitrogen and oxygen atoms in total. The Bertz CT molecular complexity index is 811. The molecule has 0 bridgehead atoms. The van der Waals surface area contributed by atoms with Crippen LogP contribution in [0.1, 0.15) is 33.3 Å². The number of halogens is 3. The maximum atomic E-state index is 12.6. The van der Waals surface area contributed by atoms with Gasteiger partial charge in [0.2, 0.25) is 11.8 Å². The van der Waals surface area contributed by atoms with Crippen LogP contribution in [0.5, 0.6) is 0 Å². The third-order valence-electron chi connectivity index (χ3n) is 4.09. The van der Waals surface area contributed by atoms with Crippen LogP contribution in [-0.2, 0) is 20.6 Å². The largest absolute Gasteiger partial charge is 0.416 e. The van der Waals surface area contributed by atoms with E-state index in [0.717, 1.165) is 24.3 Å². The third-order valence-corrected chi connectivity index (χ3v) is 5.09. The van der Waals surface area contributed by atoms with Gasteiger partial charge in [0.25, 0.3) is 0 Å². The number of hydrogen-bond acceptors (Lipinski definition) is 4. The molecule has 1 aromatic rings. The highest BCUT2D eigenvalue weighted by Crippen LogP contribution is 2.33. The molecule has 1 aromatic carbocycles. The molecular formula is C19H21F3N2O3S. The van der Waals surface area contributed by atoms with Crippen molar-refractivity contribution in [3.8, 4) is 0 Å². The molecule has 0 spiro atoms. The second-order valence-corrected chi connectivity index (χ2v) is 8.39. The number of amides is 2. The summed E-state index contributed by atoms with van der Waals surface area (Å²) in [5.74, 6) is -0.941. The number of ketones is 1. The van der Waals surface area contributed by atoms with Crippen molar-refractivity contribution in [1.29, 1.82) is 0 Å². The van der Waals surface area contributed by atoms with E-state index < -0.39 is 29.1 Å². The quantitative estimate of drug-likeness (QED) is 0.755. The molecule has 1 aliphatic rings. The molecule has 0 aromatic heterocycles. The summed E-state index contributed by atoms with van der Waals surface area (Å²) in [6, 6.07) is 3.10. The highest BCUT2D eigenvalue weighted by atomic mass is 32.2. The molecule has 2 rings (SSSR count). The molecule has 9 heteroatoms. The van der Waals surface area contributed by atoms with E-state index in [-0.39, 0.29) is 23.1 Å². The molecular weight excluding hydrogens is 393 g/mol. The lowest BCUT2D eigenvalue weighted by atomic mass is 9.91. The number of benzene rings is 1. The number of anilines is 1. The molecule has 2 amide bonds. The summed E-state index contributed by atoms with van der Waals surface area (Å²) in [6.45, 7) is 6.75. The first-order valence-electron chi connectivity index (χ1n) is 8.50. The summed E-state index contributed by atoms with van der Waals surface area (Å²) in [6.07, 6.45) is -3.11. The van der Waals surface area contributed by atoms with Gasteiger partial charge in [-0.3, -0.25) is 19.3 Å². The van der Waals surface area contributed by atoms with Gasteiger partial charge >= 0.3 is 6.18 Å². The highest BCUT2D eigenvalue weighted by molar-refractivity contribution is 8.04. The SMILES string of the molecule is CC(C(=O)Nc1ccc(C(F)(F)F)cc1)N1C(=O)CS/C1=C\C(=O)C(C)(C)C. The van der Waals surface area contributed by atoms with Gasteiger partial charge in [-0.25, -0.2) is 0 Å². The first-order chi connectivity index (χ1) is 12.8. The van der Waals surface area contributed by atoms with Crippen molar-refractivity contribution in [2.75, 3.05) is 11.1 Å². The summed E-state index contributed by atoms with van der Waals surface area (Å²) in [7, 11) is 0. The Kier molecular flexibility index (Phi) is 6.27. The molecule has 1 heterocycles. The number of carbonyl (C=O) groups excluding carboxylic acids is 3. The van der Waals surface area contributed by atoms with Gasteiger partial charge in [0.15, 0.2) is 5.78 Å². The van der Waals surface area contributed by atoms with Gasteiger partial charge < -0.3 is 5.32 Å². The van der Waals surface area contributed by atoms with Crippen molar-refractivity contribution in [2.24, 2.45) is 5.41 Å². The number of alkyl halides is 3. The minimum Gasteiger partial charge on any atom is -0.324 e. The second kappa shape index (κ2) is 7.98. The summed E-state index contributed by atoms with van der Waals surface area (Å²) < 4.78 is 37.9. The van der Waals surface area contributed by atoms with Gasteiger partial charge in [0.05, 0.1) is 16.3 Å². The number of thioether (sulfide) groups is 1. The van der Waals surface area contributed by atoms with E-state index in [0.29, 0.717) is 5.03 Å². The zero-order valence-corrected chi connectivity index (χ0v) is 16.7. The molecule has 1 atom stereocenters. The number of rotatable bonds is 4. The minimum absolute atomic E-state index is 0.112. The van der Waals surface area contributed by atoms with Crippen molar-refractivity contribution < 1.29 is 27.6 Å². The molecule has 1 saturated heterocycles. The molecule has 1 unspecified atom stereocenters. The fraction of sp³-hybridized carbons (Fsp3) is 0.421. The van der Waals surface area contributed by atoms with Gasteiger partial charge in [0, 0.05) is 17.2 Å². The van der Waals surface area contributed by atoms with Gasteiger partial charge in [-0.05, 0) is 31.2 Å². The zero-order chi connectivity index (χ0) is 21.3.